The van der Waals surface area contributed by atoms with Crippen molar-refractivity contribution in [2.75, 3.05) is 19.0 Å². The maximum atomic E-state index is 12.2. The summed E-state index contributed by atoms with van der Waals surface area (Å²) >= 11 is 0. The normalized spacial score (nSPS) is 10.9. The van der Waals surface area contributed by atoms with Crippen molar-refractivity contribution in [2.45, 2.75) is 13.3 Å². The number of benzene rings is 2. The van der Waals surface area contributed by atoms with Gasteiger partial charge in [-0.05, 0) is 43.3 Å². The lowest BCUT2D eigenvalue weighted by atomic mass is 10.2. The van der Waals surface area contributed by atoms with Crippen molar-refractivity contribution in [1.82, 2.24) is 0 Å². The van der Waals surface area contributed by atoms with E-state index in [0.29, 0.717) is 23.8 Å². The second kappa shape index (κ2) is 7.78. The van der Waals surface area contributed by atoms with E-state index < -0.39 is 18.0 Å². The van der Waals surface area contributed by atoms with Gasteiger partial charge in [0.15, 0.2) is 11.5 Å². The van der Waals surface area contributed by atoms with Crippen LogP contribution in [-0.2, 0) is 0 Å². The molecule has 0 bridgehead atoms. The van der Waals surface area contributed by atoms with E-state index in [0.717, 1.165) is 12.1 Å². The first kappa shape index (κ1) is 18.4. The Kier molecular flexibility index (Phi) is 5.74. The zero-order valence-corrected chi connectivity index (χ0v) is 13.5. The van der Waals surface area contributed by atoms with Gasteiger partial charge in [0.05, 0.1) is 13.7 Å². The fourth-order valence-electron chi connectivity index (χ4n) is 2.03. The van der Waals surface area contributed by atoms with Crippen LogP contribution in [0.3, 0.4) is 0 Å². The predicted octanol–water partition coefficient (Wildman–Crippen LogP) is 4.24. The number of alkyl halides is 3. The third kappa shape index (κ3) is 5.30. The number of nitrogens with one attached hydrogen (secondary N) is 1. The minimum atomic E-state index is -4.78. The number of methoxy groups -OCH3 is 1. The molecule has 0 unspecified atom stereocenters. The Morgan fingerprint density at radius 3 is 2.32 bits per heavy atom. The number of carbonyl (C=O) groups is 1. The molecule has 1 N–H and O–H groups in total. The molecule has 0 aliphatic rings. The number of hydrogen-bond acceptors (Lipinski definition) is 4. The van der Waals surface area contributed by atoms with E-state index >= 15 is 0 Å². The molecule has 5 nitrogen and oxygen atoms in total. The maximum absolute atomic E-state index is 12.2. The van der Waals surface area contributed by atoms with Crippen molar-refractivity contribution in [3.05, 3.63) is 48.0 Å². The average Bonchev–Trinajstić information content (AvgIpc) is 2.55. The number of ether oxygens (including phenoxy) is 3. The molecule has 134 valence electrons. The number of anilines is 1. The van der Waals surface area contributed by atoms with Crippen molar-refractivity contribution >= 4 is 11.6 Å². The van der Waals surface area contributed by atoms with Crippen LogP contribution in [0, 0.1) is 0 Å². The van der Waals surface area contributed by atoms with Crippen LogP contribution in [0.25, 0.3) is 0 Å². The summed E-state index contributed by atoms with van der Waals surface area (Å²) in [6.45, 7) is 2.30. The molecule has 0 saturated carbocycles. The summed E-state index contributed by atoms with van der Waals surface area (Å²) in [6.07, 6.45) is -4.78. The van der Waals surface area contributed by atoms with Crippen LogP contribution < -0.4 is 19.5 Å². The summed E-state index contributed by atoms with van der Waals surface area (Å²) < 4.78 is 50.7. The Morgan fingerprint density at radius 2 is 1.76 bits per heavy atom. The second-order valence-electron chi connectivity index (χ2n) is 4.82. The minimum Gasteiger partial charge on any atom is -0.493 e. The number of rotatable bonds is 6. The summed E-state index contributed by atoms with van der Waals surface area (Å²) in [5, 5.41) is 2.63. The van der Waals surface area contributed by atoms with Gasteiger partial charge in [-0.1, -0.05) is 0 Å². The van der Waals surface area contributed by atoms with Crippen molar-refractivity contribution in [3.8, 4) is 17.2 Å². The number of hydrogen-bond donors (Lipinski definition) is 1. The standard InChI is InChI=1S/C17H16F3NO4/c1-3-24-14-9-6-12(10-15(14)23-2)21-16(22)11-4-7-13(8-5-11)25-17(18,19)20/h4-10H,3H2,1-2H3,(H,21,22). The average molecular weight is 355 g/mol. The SMILES string of the molecule is CCOc1ccc(NC(=O)c2ccc(OC(F)(F)F)cc2)cc1OC. The molecule has 0 heterocycles. The summed E-state index contributed by atoms with van der Waals surface area (Å²) in [6, 6.07) is 9.49. The molecule has 1 amide bonds. The Balaban J connectivity index is 2.09. The first-order chi connectivity index (χ1) is 11.8. The molecule has 25 heavy (non-hydrogen) atoms. The highest BCUT2D eigenvalue weighted by Crippen LogP contribution is 2.30. The monoisotopic (exact) mass is 355 g/mol. The van der Waals surface area contributed by atoms with Crippen LogP contribution in [0.2, 0.25) is 0 Å². The Bertz CT molecular complexity index is 730. The van der Waals surface area contributed by atoms with Crippen LogP contribution in [0.15, 0.2) is 42.5 Å². The Hall–Kier alpha value is -2.90. The van der Waals surface area contributed by atoms with E-state index in [1.54, 1.807) is 18.2 Å². The lowest BCUT2D eigenvalue weighted by Crippen LogP contribution is -2.17. The molecule has 2 aromatic rings. The Morgan fingerprint density at radius 1 is 1.08 bits per heavy atom. The molecule has 0 aliphatic heterocycles. The highest BCUT2D eigenvalue weighted by atomic mass is 19.4. The van der Waals surface area contributed by atoms with Gasteiger partial charge in [0.2, 0.25) is 0 Å². The van der Waals surface area contributed by atoms with E-state index in [2.05, 4.69) is 10.1 Å². The summed E-state index contributed by atoms with van der Waals surface area (Å²) in [7, 11) is 1.48. The van der Waals surface area contributed by atoms with Crippen LogP contribution in [0.5, 0.6) is 17.2 Å². The van der Waals surface area contributed by atoms with E-state index in [1.807, 2.05) is 6.92 Å². The number of amides is 1. The van der Waals surface area contributed by atoms with E-state index in [9.17, 15) is 18.0 Å². The van der Waals surface area contributed by atoms with Crippen molar-refractivity contribution in [1.29, 1.82) is 0 Å². The third-order valence-electron chi connectivity index (χ3n) is 3.07. The molecule has 2 aromatic carbocycles. The molecular formula is C17H16F3NO4. The van der Waals surface area contributed by atoms with Gasteiger partial charge in [-0.3, -0.25) is 4.79 Å². The lowest BCUT2D eigenvalue weighted by Gasteiger charge is -2.12. The quantitative estimate of drug-likeness (QED) is 0.842. The fourth-order valence-corrected chi connectivity index (χ4v) is 2.03. The zero-order chi connectivity index (χ0) is 18.4. The molecule has 0 spiro atoms. The summed E-state index contributed by atoms with van der Waals surface area (Å²) in [5.74, 6) is 0.113. The van der Waals surface area contributed by atoms with Gasteiger partial charge in [-0.2, -0.15) is 0 Å². The fraction of sp³-hybridized carbons (Fsp3) is 0.235. The van der Waals surface area contributed by atoms with Gasteiger partial charge in [0.1, 0.15) is 5.75 Å². The van der Waals surface area contributed by atoms with E-state index in [4.69, 9.17) is 9.47 Å². The minimum absolute atomic E-state index is 0.183. The van der Waals surface area contributed by atoms with Gasteiger partial charge >= 0.3 is 6.36 Å². The molecule has 0 saturated heterocycles. The molecular weight excluding hydrogens is 339 g/mol. The number of halogens is 3. The van der Waals surface area contributed by atoms with Crippen LogP contribution >= 0.6 is 0 Å². The molecule has 0 aromatic heterocycles. The van der Waals surface area contributed by atoms with Crippen molar-refractivity contribution < 1.29 is 32.2 Å². The van der Waals surface area contributed by atoms with Gasteiger partial charge in [-0.25, -0.2) is 0 Å². The first-order valence-electron chi connectivity index (χ1n) is 7.30. The highest BCUT2D eigenvalue weighted by Gasteiger charge is 2.31. The van der Waals surface area contributed by atoms with Crippen molar-refractivity contribution in [3.63, 3.8) is 0 Å². The highest BCUT2D eigenvalue weighted by molar-refractivity contribution is 6.04. The van der Waals surface area contributed by atoms with Crippen LogP contribution in [-0.4, -0.2) is 26.0 Å². The van der Waals surface area contributed by atoms with Gasteiger partial charge in [0.25, 0.3) is 5.91 Å². The Labute approximate surface area is 142 Å². The summed E-state index contributed by atoms with van der Waals surface area (Å²) in [5.41, 5.74) is 0.642. The predicted molar refractivity (Wildman–Crippen MR) is 85.2 cm³/mol. The van der Waals surface area contributed by atoms with Gasteiger partial charge in [0, 0.05) is 17.3 Å². The lowest BCUT2D eigenvalue weighted by molar-refractivity contribution is -0.274. The smallest absolute Gasteiger partial charge is 0.493 e. The molecule has 0 radical (unpaired) electrons. The molecule has 0 aliphatic carbocycles. The molecule has 0 atom stereocenters. The van der Waals surface area contributed by atoms with E-state index in [-0.39, 0.29) is 5.56 Å². The van der Waals surface area contributed by atoms with Gasteiger partial charge in [-0.15, -0.1) is 13.2 Å². The van der Waals surface area contributed by atoms with Gasteiger partial charge < -0.3 is 19.5 Å². The molecule has 2 rings (SSSR count). The second-order valence-corrected chi connectivity index (χ2v) is 4.82. The van der Waals surface area contributed by atoms with Crippen LogP contribution in [0.4, 0.5) is 18.9 Å². The molecule has 0 fully saturated rings. The van der Waals surface area contributed by atoms with Crippen LogP contribution in [0.1, 0.15) is 17.3 Å². The largest absolute Gasteiger partial charge is 0.573 e. The van der Waals surface area contributed by atoms with E-state index in [1.165, 1.54) is 19.2 Å². The van der Waals surface area contributed by atoms with Crippen molar-refractivity contribution in [2.24, 2.45) is 0 Å². The first-order valence-corrected chi connectivity index (χ1v) is 7.30. The third-order valence-corrected chi connectivity index (χ3v) is 3.07. The maximum Gasteiger partial charge on any atom is 0.573 e. The number of carbonyl (C=O) groups excluding carboxylic acids is 1. The topological polar surface area (TPSA) is 56.8 Å². The zero-order valence-electron chi connectivity index (χ0n) is 13.5. The summed E-state index contributed by atoms with van der Waals surface area (Å²) in [4.78, 5) is 12.2. The molecule has 8 heteroatoms.